The zero-order valence-electron chi connectivity index (χ0n) is 11.7. The summed E-state index contributed by atoms with van der Waals surface area (Å²) in [7, 11) is 0. The lowest BCUT2D eigenvalue weighted by Crippen LogP contribution is -2.37. The zero-order valence-corrected chi connectivity index (χ0v) is 12.5. The van der Waals surface area contributed by atoms with Gasteiger partial charge in [-0.05, 0) is 43.7 Å². The van der Waals surface area contributed by atoms with Crippen molar-refractivity contribution in [2.75, 3.05) is 18.4 Å². The Morgan fingerprint density at radius 3 is 3.00 bits per heavy atom. The van der Waals surface area contributed by atoms with Crippen LogP contribution in [-0.2, 0) is 4.79 Å². The Morgan fingerprint density at radius 1 is 1.38 bits per heavy atom. The van der Waals surface area contributed by atoms with E-state index in [9.17, 15) is 4.79 Å². The second-order valence-corrected chi connectivity index (χ2v) is 5.03. The Balaban J connectivity index is 0.00000161. The lowest BCUT2D eigenvalue weighted by atomic mass is 9.99. The van der Waals surface area contributed by atoms with E-state index in [0.717, 1.165) is 37.3 Å². The van der Waals surface area contributed by atoms with Gasteiger partial charge in [-0.15, -0.1) is 12.4 Å². The van der Waals surface area contributed by atoms with E-state index in [1.807, 2.05) is 36.5 Å². The molecule has 1 saturated heterocycles. The Morgan fingerprint density at radius 2 is 2.29 bits per heavy atom. The molecular weight excluding hydrogens is 288 g/mol. The van der Waals surface area contributed by atoms with Gasteiger partial charge in [0.15, 0.2) is 0 Å². The molecule has 1 atom stereocenters. The minimum Gasteiger partial charge on any atom is -0.326 e. The van der Waals surface area contributed by atoms with Gasteiger partial charge in [-0.25, -0.2) is 4.68 Å². The maximum atomic E-state index is 12.2. The smallest absolute Gasteiger partial charge is 0.228 e. The van der Waals surface area contributed by atoms with Crippen LogP contribution in [-0.4, -0.2) is 28.8 Å². The number of carbonyl (C=O) groups excluding carboxylic acids is 1. The quantitative estimate of drug-likeness (QED) is 0.914. The first-order valence-corrected chi connectivity index (χ1v) is 6.94. The molecule has 1 aromatic heterocycles. The molecule has 1 aromatic carbocycles. The molecule has 112 valence electrons. The SMILES string of the molecule is Cl.O=C(Nc1cccc(-n2cccn2)c1)[C@@H]1CCCNC1. The van der Waals surface area contributed by atoms with Gasteiger partial charge < -0.3 is 10.6 Å². The van der Waals surface area contributed by atoms with Crippen molar-refractivity contribution in [2.45, 2.75) is 12.8 Å². The summed E-state index contributed by atoms with van der Waals surface area (Å²) in [5.74, 6) is 0.159. The van der Waals surface area contributed by atoms with Crippen LogP contribution >= 0.6 is 12.4 Å². The molecule has 1 aliphatic rings. The number of nitrogens with zero attached hydrogens (tertiary/aromatic N) is 2. The van der Waals surface area contributed by atoms with Crippen molar-refractivity contribution in [3.05, 3.63) is 42.7 Å². The molecule has 21 heavy (non-hydrogen) atoms. The number of aromatic nitrogens is 2. The second-order valence-electron chi connectivity index (χ2n) is 5.03. The second kappa shape index (κ2) is 7.24. The van der Waals surface area contributed by atoms with Crippen LogP contribution in [0.15, 0.2) is 42.7 Å². The van der Waals surface area contributed by atoms with E-state index in [2.05, 4.69) is 15.7 Å². The average molecular weight is 307 g/mol. The van der Waals surface area contributed by atoms with Crippen LogP contribution in [0.25, 0.3) is 5.69 Å². The van der Waals surface area contributed by atoms with Gasteiger partial charge in [0.25, 0.3) is 0 Å². The average Bonchev–Trinajstić information content (AvgIpc) is 3.03. The predicted octanol–water partition coefficient (Wildman–Crippen LogP) is 2.23. The predicted molar refractivity (Wildman–Crippen MR) is 85.0 cm³/mol. The topological polar surface area (TPSA) is 59.0 Å². The maximum Gasteiger partial charge on any atom is 0.228 e. The molecular formula is C15H19ClN4O. The minimum absolute atomic E-state index is 0. The Labute approximate surface area is 130 Å². The van der Waals surface area contributed by atoms with E-state index in [4.69, 9.17) is 0 Å². The van der Waals surface area contributed by atoms with Gasteiger partial charge >= 0.3 is 0 Å². The highest BCUT2D eigenvalue weighted by molar-refractivity contribution is 5.93. The summed E-state index contributed by atoms with van der Waals surface area (Å²) >= 11 is 0. The van der Waals surface area contributed by atoms with Crippen LogP contribution < -0.4 is 10.6 Å². The van der Waals surface area contributed by atoms with E-state index in [1.54, 1.807) is 10.9 Å². The van der Waals surface area contributed by atoms with Crippen molar-refractivity contribution in [2.24, 2.45) is 5.92 Å². The molecule has 0 aliphatic carbocycles. The summed E-state index contributed by atoms with van der Waals surface area (Å²) < 4.78 is 1.78. The molecule has 1 fully saturated rings. The van der Waals surface area contributed by atoms with E-state index in [-0.39, 0.29) is 24.2 Å². The molecule has 1 amide bonds. The lowest BCUT2D eigenvalue weighted by molar-refractivity contribution is -0.120. The van der Waals surface area contributed by atoms with Crippen molar-refractivity contribution < 1.29 is 4.79 Å². The summed E-state index contributed by atoms with van der Waals surface area (Å²) in [5, 5.41) is 10.4. The fourth-order valence-corrected chi connectivity index (χ4v) is 2.47. The molecule has 0 radical (unpaired) electrons. The van der Waals surface area contributed by atoms with E-state index in [0.29, 0.717) is 0 Å². The van der Waals surface area contributed by atoms with Gasteiger partial charge in [-0.2, -0.15) is 5.10 Å². The van der Waals surface area contributed by atoms with Crippen LogP contribution in [0.3, 0.4) is 0 Å². The molecule has 0 unspecified atom stereocenters. The number of benzene rings is 1. The number of nitrogens with one attached hydrogen (secondary N) is 2. The largest absolute Gasteiger partial charge is 0.326 e. The molecule has 0 saturated carbocycles. The van der Waals surface area contributed by atoms with Crippen molar-refractivity contribution in [1.29, 1.82) is 0 Å². The molecule has 6 heteroatoms. The molecule has 0 bridgehead atoms. The van der Waals surface area contributed by atoms with Crippen LogP contribution in [0.2, 0.25) is 0 Å². The van der Waals surface area contributed by atoms with Crippen molar-refractivity contribution >= 4 is 24.0 Å². The van der Waals surface area contributed by atoms with Gasteiger partial charge in [0.05, 0.1) is 11.6 Å². The maximum absolute atomic E-state index is 12.2. The van der Waals surface area contributed by atoms with Crippen molar-refractivity contribution in [1.82, 2.24) is 15.1 Å². The normalized spacial score (nSPS) is 17.8. The lowest BCUT2D eigenvalue weighted by Gasteiger charge is -2.22. The van der Waals surface area contributed by atoms with Crippen LogP contribution in [0.5, 0.6) is 0 Å². The number of amides is 1. The molecule has 2 aromatic rings. The van der Waals surface area contributed by atoms with Gasteiger partial charge in [-0.3, -0.25) is 4.79 Å². The molecule has 2 heterocycles. The van der Waals surface area contributed by atoms with E-state index < -0.39 is 0 Å². The van der Waals surface area contributed by atoms with Crippen LogP contribution in [0, 0.1) is 5.92 Å². The highest BCUT2D eigenvalue weighted by atomic mass is 35.5. The van der Waals surface area contributed by atoms with Crippen molar-refractivity contribution in [3.8, 4) is 5.69 Å². The van der Waals surface area contributed by atoms with Crippen molar-refractivity contribution in [3.63, 3.8) is 0 Å². The Bertz CT molecular complexity index is 579. The van der Waals surface area contributed by atoms with Gasteiger partial charge in [-0.1, -0.05) is 6.07 Å². The highest BCUT2D eigenvalue weighted by Crippen LogP contribution is 2.17. The third kappa shape index (κ3) is 3.83. The standard InChI is InChI=1S/C15H18N4O.ClH/c20-15(12-4-2-7-16-11-12)18-13-5-1-6-14(10-13)19-9-3-8-17-19;/h1,3,5-6,8-10,12,16H,2,4,7,11H2,(H,18,20);1H/t12-;/m1./s1. The number of halogens is 1. The first-order chi connectivity index (χ1) is 9.83. The van der Waals surface area contributed by atoms with Gasteiger partial charge in [0, 0.05) is 24.6 Å². The fraction of sp³-hybridized carbons (Fsp3) is 0.333. The fourth-order valence-electron chi connectivity index (χ4n) is 2.47. The van der Waals surface area contributed by atoms with E-state index in [1.165, 1.54) is 0 Å². The summed E-state index contributed by atoms with van der Waals surface area (Å²) in [5.41, 5.74) is 1.75. The molecule has 5 nitrogen and oxygen atoms in total. The summed E-state index contributed by atoms with van der Waals surface area (Å²) in [6, 6.07) is 9.60. The zero-order chi connectivity index (χ0) is 13.8. The first kappa shape index (κ1) is 15.5. The summed E-state index contributed by atoms with van der Waals surface area (Å²) in [4.78, 5) is 12.2. The first-order valence-electron chi connectivity index (χ1n) is 6.94. The number of hydrogen-bond acceptors (Lipinski definition) is 3. The molecule has 1 aliphatic heterocycles. The number of anilines is 1. The number of rotatable bonds is 3. The Kier molecular flexibility index (Phi) is 5.36. The number of carbonyl (C=O) groups is 1. The summed E-state index contributed by atoms with van der Waals surface area (Å²) in [6.07, 6.45) is 5.63. The molecule has 0 spiro atoms. The molecule has 3 rings (SSSR count). The number of hydrogen-bond donors (Lipinski definition) is 2. The Hall–Kier alpha value is -1.85. The third-order valence-corrected chi connectivity index (χ3v) is 3.55. The summed E-state index contributed by atoms with van der Waals surface area (Å²) in [6.45, 7) is 1.78. The number of piperidine rings is 1. The monoisotopic (exact) mass is 306 g/mol. The third-order valence-electron chi connectivity index (χ3n) is 3.55. The van der Waals surface area contributed by atoms with Crippen LogP contribution in [0.4, 0.5) is 5.69 Å². The minimum atomic E-state index is 0. The van der Waals surface area contributed by atoms with E-state index >= 15 is 0 Å². The highest BCUT2D eigenvalue weighted by Gasteiger charge is 2.20. The molecule has 2 N–H and O–H groups in total. The van der Waals surface area contributed by atoms with Gasteiger partial charge in [0.1, 0.15) is 0 Å². The van der Waals surface area contributed by atoms with Crippen LogP contribution in [0.1, 0.15) is 12.8 Å². The van der Waals surface area contributed by atoms with Gasteiger partial charge in [0.2, 0.25) is 5.91 Å².